The molecule has 2 unspecified atom stereocenters. The van der Waals surface area contributed by atoms with Gasteiger partial charge in [0, 0.05) is 26.2 Å². The summed E-state index contributed by atoms with van der Waals surface area (Å²) in [6.45, 7) is 10.9. The van der Waals surface area contributed by atoms with E-state index in [0.29, 0.717) is 46.1 Å². The number of hydrogen-bond acceptors (Lipinski definition) is 8. The topological polar surface area (TPSA) is 94.7 Å². The van der Waals surface area contributed by atoms with Crippen LogP contribution in [0.15, 0.2) is 0 Å². The van der Waals surface area contributed by atoms with Crippen molar-refractivity contribution in [1.82, 2.24) is 14.7 Å². The standard InChI is InChI=1S/C15H34N4O4/c1-14(20)9-18-11-17(12-19(13-18)10-15(2)21)4-6-23-8-7-22-5-3-16/h14-15,20-21H,3-13,16H2,1-2H3. The van der Waals surface area contributed by atoms with Crippen LogP contribution in [0, 0.1) is 0 Å². The molecule has 23 heavy (non-hydrogen) atoms. The van der Waals surface area contributed by atoms with Crippen molar-refractivity contribution in [3.63, 3.8) is 0 Å². The molecule has 0 amide bonds. The smallest absolute Gasteiger partial charge is 0.0701 e. The van der Waals surface area contributed by atoms with E-state index in [1.165, 1.54) is 0 Å². The zero-order chi connectivity index (χ0) is 17.1. The second kappa shape index (κ2) is 12.1. The lowest BCUT2D eigenvalue weighted by atomic mass is 10.3. The molecule has 0 spiro atoms. The summed E-state index contributed by atoms with van der Waals surface area (Å²) in [5.41, 5.74) is 5.34. The van der Waals surface area contributed by atoms with Crippen molar-refractivity contribution in [2.24, 2.45) is 5.73 Å². The summed E-state index contributed by atoms with van der Waals surface area (Å²) in [7, 11) is 0. The van der Waals surface area contributed by atoms with Crippen molar-refractivity contribution < 1.29 is 19.7 Å². The fourth-order valence-corrected chi connectivity index (χ4v) is 2.70. The molecular weight excluding hydrogens is 300 g/mol. The Morgan fingerprint density at radius 3 is 1.78 bits per heavy atom. The molecule has 1 aliphatic heterocycles. The molecule has 0 aromatic carbocycles. The minimum Gasteiger partial charge on any atom is -0.392 e. The number of nitrogens with zero attached hydrogens (tertiary/aromatic N) is 3. The van der Waals surface area contributed by atoms with Gasteiger partial charge in [-0.3, -0.25) is 14.7 Å². The molecule has 0 radical (unpaired) electrons. The van der Waals surface area contributed by atoms with E-state index in [1.54, 1.807) is 13.8 Å². The summed E-state index contributed by atoms with van der Waals surface area (Å²) in [5, 5.41) is 19.2. The monoisotopic (exact) mass is 334 g/mol. The third kappa shape index (κ3) is 10.2. The van der Waals surface area contributed by atoms with Crippen LogP contribution >= 0.6 is 0 Å². The fourth-order valence-electron chi connectivity index (χ4n) is 2.70. The van der Waals surface area contributed by atoms with Crippen molar-refractivity contribution in [1.29, 1.82) is 0 Å². The van der Waals surface area contributed by atoms with Crippen LogP contribution in [0.4, 0.5) is 0 Å². The maximum absolute atomic E-state index is 9.60. The Labute approximate surface area is 139 Å². The zero-order valence-electron chi connectivity index (χ0n) is 14.6. The van der Waals surface area contributed by atoms with Crippen molar-refractivity contribution >= 4 is 0 Å². The van der Waals surface area contributed by atoms with Crippen LogP contribution in [0.25, 0.3) is 0 Å². The van der Waals surface area contributed by atoms with E-state index in [1.807, 2.05) is 0 Å². The molecule has 0 saturated carbocycles. The largest absolute Gasteiger partial charge is 0.392 e. The Morgan fingerprint density at radius 2 is 1.30 bits per heavy atom. The van der Waals surface area contributed by atoms with E-state index in [0.717, 1.165) is 26.6 Å². The molecule has 0 bridgehead atoms. The number of nitrogens with two attached hydrogens (primary N) is 1. The molecule has 8 heteroatoms. The van der Waals surface area contributed by atoms with Gasteiger partial charge in [-0.05, 0) is 13.8 Å². The highest BCUT2D eigenvalue weighted by Gasteiger charge is 2.24. The van der Waals surface area contributed by atoms with Crippen LogP contribution in [-0.2, 0) is 9.47 Å². The predicted molar refractivity (Wildman–Crippen MR) is 88.8 cm³/mol. The number of ether oxygens (including phenoxy) is 2. The minimum atomic E-state index is -0.362. The maximum Gasteiger partial charge on any atom is 0.0701 e. The van der Waals surface area contributed by atoms with Crippen molar-refractivity contribution in [2.75, 3.05) is 72.6 Å². The molecule has 138 valence electrons. The molecule has 1 rings (SSSR count). The van der Waals surface area contributed by atoms with Gasteiger partial charge in [-0.2, -0.15) is 0 Å². The first-order chi connectivity index (χ1) is 11.0. The molecule has 8 nitrogen and oxygen atoms in total. The SMILES string of the molecule is CC(O)CN1CN(CCOCCOCCN)CN(CC(C)O)C1. The van der Waals surface area contributed by atoms with Gasteiger partial charge in [0.1, 0.15) is 0 Å². The summed E-state index contributed by atoms with van der Waals surface area (Å²) in [6.07, 6.45) is -0.724. The first kappa shape index (κ1) is 20.7. The second-order valence-electron chi connectivity index (χ2n) is 6.24. The van der Waals surface area contributed by atoms with Crippen LogP contribution in [0.1, 0.15) is 13.8 Å². The molecule has 0 aromatic heterocycles. The van der Waals surface area contributed by atoms with Crippen LogP contribution < -0.4 is 5.73 Å². The molecule has 4 N–H and O–H groups in total. The predicted octanol–water partition coefficient (Wildman–Crippen LogP) is -1.47. The van der Waals surface area contributed by atoms with E-state index in [9.17, 15) is 10.2 Å². The third-order valence-electron chi connectivity index (χ3n) is 3.43. The average Bonchev–Trinajstić information content (AvgIpc) is 2.44. The molecule has 1 saturated heterocycles. The van der Waals surface area contributed by atoms with Gasteiger partial charge in [0.25, 0.3) is 0 Å². The summed E-state index contributed by atoms with van der Waals surface area (Å²) in [4.78, 5) is 6.62. The van der Waals surface area contributed by atoms with Crippen molar-refractivity contribution in [3.05, 3.63) is 0 Å². The zero-order valence-corrected chi connectivity index (χ0v) is 14.6. The van der Waals surface area contributed by atoms with Crippen molar-refractivity contribution in [3.8, 4) is 0 Å². The van der Waals surface area contributed by atoms with Gasteiger partial charge < -0.3 is 25.4 Å². The van der Waals surface area contributed by atoms with Crippen LogP contribution in [0.5, 0.6) is 0 Å². The highest BCUT2D eigenvalue weighted by molar-refractivity contribution is 4.72. The minimum absolute atomic E-state index is 0.362. The third-order valence-corrected chi connectivity index (χ3v) is 3.43. The van der Waals surface area contributed by atoms with E-state index in [4.69, 9.17) is 15.2 Å². The molecule has 0 aromatic rings. The summed E-state index contributed by atoms with van der Waals surface area (Å²) in [6, 6.07) is 0. The lowest BCUT2D eigenvalue weighted by molar-refractivity contribution is -0.0651. The highest BCUT2D eigenvalue weighted by Crippen LogP contribution is 2.09. The summed E-state index contributed by atoms with van der Waals surface area (Å²) < 4.78 is 10.8. The van der Waals surface area contributed by atoms with Crippen LogP contribution in [-0.4, -0.2) is 110 Å². The number of rotatable bonds is 12. The number of β-amino-alcohol motifs (C(OH)–C–C–N with tert-alkyl or cyclic N) is 2. The Kier molecular flexibility index (Phi) is 10.9. The van der Waals surface area contributed by atoms with Gasteiger partial charge in [0.2, 0.25) is 0 Å². The van der Waals surface area contributed by atoms with E-state index in [2.05, 4.69) is 14.7 Å². The second-order valence-corrected chi connectivity index (χ2v) is 6.24. The Balaban J connectivity index is 2.27. The highest BCUT2D eigenvalue weighted by atomic mass is 16.5. The van der Waals surface area contributed by atoms with Crippen LogP contribution in [0.3, 0.4) is 0 Å². The molecule has 2 atom stereocenters. The quantitative estimate of drug-likeness (QED) is 0.373. The molecular formula is C15H34N4O4. The first-order valence-corrected chi connectivity index (χ1v) is 8.40. The molecule has 1 fully saturated rings. The van der Waals surface area contributed by atoms with Gasteiger partial charge in [0.15, 0.2) is 0 Å². The van der Waals surface area contributed by atoms with Gasteiger partial charge >= 0.3 is 0 Å². The Bertz CT molecular complexity index is 277. The number of hydrogen-bond donors (Lipinski definition) is 3. The van der Waals surface area contributed by atoms with Gasteiger partial charge in [-0.1, -0.05) is 0 Å². The van der Waals surface area contributed by atoms with Gasteiger partial charge in [-0.25, -0.2) is 0 Å². The molecule has 0 aliphatic carbocycles. The Morgan fingerprint density at radius 1 is 0.826 bits per heavy atom. The molecule has 1 heterocycles. The lowest BCUT2D eigenvalue weighted by Gasteiger charge is -2.43. The number of aliphatic hydroxyl groups is 2. The van der Waals surface area contributed by atoms with E-state index < -0.39 is 0 Å². The normalized spacial score (nSPS) is 20.7. The van der Waals surface area contributed by atoms with E-state index in [-0.39, 0.29) is 12.2 Å². The average molecular weight is 334 g/mol. The van der Waals surface area contributed by atoms with Crippen LogP contribution in [0.2, 0.25) is 0 Å². The maximum atomic E-state index is 9.60. The fraction of sp³-hybridized carbons (Fsp3) is 1.00. The van der Waals surface area contributed by atoms with Gasteiger partial charge in [-0.15, -0.1) is 0 Å². The molecule has 1 aliphatic rings. The van der Waals surface area contributed by atoms with Gasteiger partial charge in [0.05, 0.1) is 58.6 Å². The number of aliphatic hydroxyl groups excluding tert-OH is 2. The lowest BCUT2D eigenvalue weighted by Crippen LogP contribution is -2.57. The first-order valence-electron chi connectivity index (χ1n) is 8.40. The van der Waals surface area contributed by atoms with Crippen molar-refractivity contribution in [2.45, 2.75) is 26.1 Å². The summed E-state index contributed by atoms with van der Waals surface area (Å²) >= 11 is 0. The Hall–Kier alpha value is -0.320. The van der Waals surface area contributed by atoms with E-state index >= 15 is 0 Å². The summed E-state index contributed by atoms with van der Waals surface area (Å²) in [5.74, 6) is 0.